The van der Waals surface area contributed by atoms with E-state index < -0.39 is 0 Å². The van der Waals surface area contributed by atoms with E-state index in [2.05, 4.69) is 13.0 Å². The number of phenols is 1. The molecule has 6 unspecified atom stereocenters. The molecule has 0 radical (unpaired) electrons. The molecule has 3 nitrogen and oxygen atoms in total. The molecule has 0 bridgehead atoms. The van der Waals surface area contributed by atoms with E-state index >= 15 is 0 Å². The number of phenolic OH excluding ortho intramolecular Hbond substituents is 1. The van der Waals surface area contributed by atoms with E-state index in [1.54, 1.807) is 7.11 Å². The molecule has 2 saturated carbocycles. The van der Waals surface area contributed by atoms with Gasteiger partial charge in [0.05, 0.1) is 12.7 Å². The summed E-state index contributed by atoms with van der Waals surface area (Å²) in [5.41, 5.74) is 2.81. The number of fused-ring (bicyclic) bond motifs is 5. The van der Waals surface area contributed by atoms with Gasteiger partial charge in [0.2, 0.25) is 0 Å². The predicted octanol–water partition coefficient (Wildman–Crippen LogP) is 5.85. The number of aliphatic hydroxyl groups is 1. The molecule has 0 spiro atoms. The van der Waals surface area contributed by atoms with Crippen molar-refractivity contribution in [2.24, 2.45) is 17.3 Å². The van der Waals surface area contributed by atoms with Crippen molar-refractivity contribution in [1.82, 2.24) is 0 Å². The number of methoxy groups -OCH3 is 1. The summed E-state index contributed by atoms with van der Waals surface area (Å²) < 4.78 is 5.48. The third-order valence-corrected chi connectivity index (χ3v) is 7.22. The maximum Gasteiger partial charge on any atom is 0.115 e. The van der Waals surface area contributed by atoms with Crippen molar-refractivity contribution in [2.75, 3.05) is 13.7 Å². The third kappa shape index (κ3) is 3.91. The summed E-state index contributed by atoms with van der Waals surface area (Å²) >= 11 is 0. The summed E-state index contributed by atoms with van der Waals surface area (Å²) in [7, 11) is 1.76. The van der Waals surface area contributed by atoms with Gasteiger partial charge in [-0.15, -0.1) is 0 Å². The first kappa shape index (κ1) is 22.2. The summed E-state index contributed by atoms with van der Waals surface area (Å²) in [4.78, 5) is 0. The van der Waals surface area contributed by atoms with E-state index in [-0.39, 0.29) is 11.5 Å². The molecular weight excluding hydrogens is 336 g/mol. The highest BCUT2D eigenvalue weighted by Gasteiger charge is 2.55. The number of ether oxygens (including phenoxy) is 1. The highest BCUT2D eigenvalue weighted by Crippen LogP contribution is 2.62. The average Bonchev–Trinajstić information content (AvgIpc) is 3.00. The van der Waals surface area contributed by atoms with Crippen LogP contribution in [-0.4, -0.2) is 30.0 Å². The molecule has 0 aliphatic heterocycles. The van der Waals surface area contributed by atoms with Crippen LogP contribution >= 0.6 is 0 Å². The van der Waals surface area contributed by atoms with Gasteiger partial charge in [-0.2, -0.15) is 0 Å². The highest BCUT2D eigenvalue weighted by molar-refractivity contribution is 5.42. The largest absolute Gasteiger partial charge is 0.508 e. The minimum absolute atomic E-state index is 0.104. The quantitative estimate of drug-likeness (QED) is 0.681. The Labute approximate surface area is 166 Å². The van der Waals surface area contributed by atoms with Crippen LogP contribution < -0.4 is 0 Å². The Balaban J connectivity index is 0.000000614. The van der Waals surface area contributed by atoms with Crippen LogP contribution in [0, 0.1) is 17.3 Å². The number of aromatic hydroxyl groups is 1. The Bertz CT molecular complexity index is 599. The lowest BCUT2D eigenvalue weighted by atomic mass is 9.54. The second-order valence-electron chi connectivity index (χ2n) is 8.22. The van der Waals surface area contributed by atoms with Gasteiger partial charge in [-0.05, 0) is 78.5 Å². The Morgan fingerprint density at radius 2 is 1.78 bits per heavy atom. The molecule has 3 heteroatoms. The van der Waals surface area contributed by atoms with Crippen LogP contribution in [-0.2, 0) is 4.74 Å². The van der Waals surface area contributed by atoms with Crippen LogP contribution in [0.1, 0.15) is 89.7 Å². The van der Waals surface area contributed by atoms with E-state index in [4.69, 9.17) is 4.74 Å². The monoisotopic (exact) mass is 376 g/mol. The Morgan fingerprint density at radius 1 is 1.07 bits per heavy atom. The Morgan fingerprint density at radius 3 is 2.44 bits per heavy atom. The van der Waals surface area contributed by atoms with Crippen LogP contribution in [0.25, 0.3) is 0 Å². The molecule has 6 atom stereocenters. The molecular formula is C24H40O3. The fourth-order valence-electron chi connectivity index (χ4n) is 6.04. The third-order valence-electron chi connectivity index (χ3n) is 7.22. The van der Waals surface area contributed by atoms with Crippen LogP contribution in [0.2, 0.25) is 0 Å². The van der Waals surface area contributed by atoms with E-state index in [0.717, 1.165) is 32.1 Å². The number of rotatable bonds is 2. The molecule has 0 heterocycles. The topological polar surface area (TPSA) is 49.7 Å². The lowest BCUT2D eigenvalue weighted by Crippen LogP contribution is -2.44. The minimum Gasteiger partial charge on any atom is -0.508 e. The average molecular weight is 377 g/mol. The summed E-state index contributed by atoms with van der Waals surface area (Å²) in [6.45, 7) is 11.0. The molecule has 2 fully saturated rings. The molecule has 3 aliphatic rings. The smallest absolute Gasteiger partial charge is 0.115 e. The van der Waals surface area contributed by atoms with Crippen LogP contribution in [0.15, 0.2) is 18.2 Å². The van der Waals surface area contributed by atoms with Crippen molar-refractivity contribution in [2.45, 2.75) is 84.7 Å². The van der Waals surface area contributed by atoms with Crippen molar-refractivity contribution in [3.8, 4) is 5.75 Å². The number of hydrogen-bond donors (Lipinski definition) is 2. The first-order valence-corrected chi connectivity index (χ1v) is 11.0. The van der Waals surface area contributed by atoms with Crippen molar-refractivity contribution < 1.29 is 14.9 Å². The lowest BCUT2D eigenvalue weighted by Gasteiger charge is -2.51. The van der Waals surface area contributed by atoms with Crippen molar-refractivity contribution in [1.29, 1.82) is 0 Å². The van der Waals surface area contributed by atoms with Crippen molar-refractivity contribution in [3.63, 3.8) is 0 Å². The molecule has 0 saturated heterocycles. The normalized spacial score (nSPS) is 36.2. The molecule has 154 valence electrons. The predicted molar refractivity (Wildman–Crippen MR) is 112 cm³/mol. The van der Waals surface area contributed by atoms with Crippen molar-refractivity contribution >= 4 is 0 Å². The standard InChI is InChI=1S/C20H28O3.2C2H6/c1-20-8-7-15-14-4-3-13(21)10-16(14)12(11-23-2)9-17(15)18(20)5-6-19(20)22;2*1-2/h3-4,10,12,15,17-19,21-22H,5-9,11H2,1-2H3;2*1-2H3. The van der Waals surface area contributed by atoms with E-state index in [9.17, 15) is 10.2 Å². The van der Waals surface area contributed by atoms with Crippen LogP contribution in [0.4, 0.5) is 0 Å². The lowest BCUT2D eigenvalue weighted by molar-refractivity contribution is -0.0273. The van der Waals surface area contributed by atoms with Gasteiger partial charge in [-0.1, -0.05) is 40.7 Å². The summed E-state index contributed by atoms with van der Waals surface area (Å²) in [5.74, 6) is 2.58. The summed E-state index contributed by atoms with van der Waals surface area (Å²) in [6.07, 6.45) is 5.40. The van der Waals surface area contributed by atoms with Gasteiger partial charge in [0, 0.05) is 13.0 Å². The zero-order chi connectivity index (χ0) is 20.2. The zero-order valence-corrected chi connectivity index (χ0v) is 18.2. The van der Waals surface area contributed by atoms with Gasteiger partial charge in [0.15, 0.2) is 0 Å². The Hall–Kier alpha value is -1.06. The van der Waals surface area contributed by atoms with Gasteiger partial charge < -0.3 is 14.9 Å². The fourth-order valence-corrected chi connectivity index (χ4v) is 6.04. The molecule has 1 aromatic carbocycles. The first-order valence-electron chi connectivity index (χ1n) is 11.0. The van der Waals surface area contributed by atoms with E-state index in [1.807, 2.05) is 39.8 Å². The first-order chi connectivity index (χ1) is 13.0. The van der Waals surface area contributed by atoms with Gasteiger partial charge in [-0.3, -0.25) is 0 Å². The fraction of sp³-hybridized carbons (Fsp3) is 0.750. The maximum absolute atomic E-state index is 10.5. The van der Waals surface area contributed by atoms with E-state index in [0.29, 0.717) is 36.0 Å². The van der Waals surface area contributed by atoms with Gasteiger partial charge >= 0.3 is 0 Å². The molecule has 3 aliphatic carbocycles. The number of benzene rings is 1. The Kier molecular flexibility index (Phi) is 7.76. The second-order valence-corrected chi connectivity index (χ2v) is 8.22. The van der Waals surface area contributed by atoms with Gasteiger partial charge in [0.1, 0.15) is 5.75 Å². The van der Waals surface area contributed by atoms with Crippen molar-refractivity contribution in [3.05, 3.63) is 29.3 Å². The molecule has 0 amide bonds. The van der Waals surface area contributed by atoms with Gasteiger partial charge in [-0.25, -0.2) is 0 Å². The number of hydrogen-bond acceptors (Lipinski definition) is 3. The minimum atomic E-state index is -0.129. The van der Waals surface area contributed by atoms with Crippen LogP contribution in [0.3, 0.4) is 0 Å². The number of aliphatic hydroxyl groups excluding tert-OH is 1. The zero-order valence-electron chi connectivity index (χ0n) is 18.2. The van der Waals surface area contributed by atoms with E-state index in [1.165, 1.54) is 11.1 Å². The van der Waals surface area contributed by atoms with Gasteiger partial charge in [0.25, 0.3) is 0 Å². The molecule has 0 aromatic heterocycles. The second kappa shape index (κ2) is 9.43. The molecule has 4 rings (SSSR count). The molecule has 27 heavy (non-hydrogen) atoms. The summed E-state index contributed by atoms with van der Waals surface area (Å²) in [6, 6.07) is 5.92. The SMILES string of the molecule is CC.CC.COCC1CC2C(CCC3(C)C(O)CCC23)c2ccc(O)cc21. The molecule has 2 N–H and O–H groups in total. The summed E-state index contributed by atoms with van der Waals surface area (Å²) in [5, 5.41) is 20.4. The highest BCUT2D eigenvalue weighted by atomic mass is 16.5. The maximum atomic E-state index is 10.5. The molecule has 1 aromatic rings. The van der Waals surface area contributed by atoms with Crippen LogP contribution in [0.5, 0.6) is 5.75 Å².